The van der Waals surface area contributed by atoms with Gasteiger partial charge in [0.25, 0.3) is 10.0 Å². The van der Waals surface area contributed by atoms with Gasteiger partial charge in [-0.15, -0.1) is 0 Å². The van der Waals surface area contributed by atoms with Gasteiger partial charge in [-0.2, -0.15) is 0 Å². The van der Waals surface area contributed by atoms with Crippen LogP contribution in [0.3, 0.4) is 0 Å². The number of carbonyl (C=O) groups is 1. The average molecular weight is 597 g/mol. The Morgan fingerprint density at radius 2 is 1.61 bits per heavy atom. The molecule has 38 heavy (non-hydrogen) atoms. The van der Waals surface area contributed by atoms with Crippen molar-refractivity contribution in [2.24, 2.45) is 5.92 Å². The lowest BCUT2D eigenvalue weighted by Crippen LogP contribution is -2.41. The van der Waals surface area contributed by atoms with Crippen molar-refractivity contribution in [1.82, 2.24) is 4.31 Å². The normalized spacial score (nSPS) is 15.2. The van der Waals surface area contributed by atoms with Gasteiger partial charge < -0.3 is 5.32 Å². The molecule has 1 aliphatic rings. The summed E-state index contributed by atoms with van der Waals surface area (Å²) >= 11 is 12.0. The van der Waals surface area contributed by atoms with Crippen LogP contribution in [-0.4, -0.2) is 40.1 Å². The zero-order valence-corrected chi connectivity index (χ0v) is 23.7. The van der Waals surface area contributed by atoms with Gasteiger partial charge in [0.05, 0.1) is 16.3 Å². The summed E-state index contributed by atoms with van der Waals surface area (Å²) in [4.78, 5) is 12.8. The average Bonchev–Trinajstić information content (AvgIpc) is 2.87. The number of halogens is 2. The smallest absolute Gasteiger partial charge is 0.261 e. The minimum atomic E-state index is -3.85. The molecule has 0 spiro atoms. The van der Waals surface area contributed by atoms with E-state index in [1.807, 2.05) is 0 Å². The first-order valence-corrected chi connectivity index (χ1v) is 15.7. The second kappa shape index (κ2) is 11.6. The highest BCUT2D eigenvalue weighted by Gasteiger charge is 2.31. The molecule has 0 aliphatic carbocycles. The van der Waals surface area contributed by atoms with Crippen molar-refractivity contribution in [2.45, 2.75) is 30.4 Å². The van der Waals surface area contributed by atoms with E-state index in [-0.39, 0.29) is 35.6 Å². The van der Waals surface area contributed by atoms with Crippen LogP contribution in [0.1, 0.15) is 24.0 Å². The van der Waals surface area contributed by atoms with Gasteiger partial charge in [-0.1, -0.05) is 41.4 Å². The lowest BCUT2D eigenvalue weighted by molar-refractivity contribution is -0.120. The van der Waals surface area contributed by atoms with Crippen LogP contribution in [0.25, 0.3) is 0 Å². The van der Waals surface area contributed by atoms with Crippen molar-refractivity contribution in [3.05, 3.63) is 87.9 Å². The van der Waals surface area contributed by atoms with Gasteiger partial charge in [0.15, 0.2) is 0 Å². The zero-order chi connectivity index (χ0) is 27.5. The highest BCUT2D eigenvalue weighted by molar-refractivity contribution is 7.92. The van der Waals surface area contributed by atoms with Gasteiger partial charge in [0, 0.05) is 34.7 Å². The minimum absolute atomic E-state index is 0.0353. The summed E-state index contributed by atoms with van der Waals surface area (Å²) in [5, 5.41) is 3.73. The van der Waals surface area contributed by atoms with E-state index >= 15 is 0 Å². The fourth-order valence-corrected chi connectivity index (χ4v) is 7.27. The van der Waals surface area contributed by atoms with Gasteiger partial charge >= 0.3 is 0 Å². The number of benzene rings is 3. The molecule has 3 aromatic rings. The SMILES string of the molecule is Cc1c(Cl)cccc1NS(=O)(=O)c1ccc(NC(=O)C2CCN(S(=O)(=O)Cc3cccc(Cl)c3)CC2)cc1. The molecule has 0 saturated carbocycles. The maximum Gasteiger partial charge on any atom is 0.261 e. The summed E-state index contributed by atoms with van der Waals surface area (Å²) in [5.74, 6) is -0.741. The minimum Gasteiger partial charge on any atom is -0.326 e. The molecule has 0 aromatic heterocycles. The van der Waals surface area contributed by atoms with E-state index in [2.05, 4.69) is 10.0 Å². The van der Waals surface area contributed by atoms with Crippen molar-refractivity contribution in [1.29, 1.82) is 0 Å². The standard InChI is InChI=1S/C26H27Cl2N3O5S2/c1-18-24(28)6-3-7-25(18)30-38(35,36)23-10-8-22(9-11-23)29-26(32)20-12-14-31(15-13-20)37(33,34)17-19-4-2-5-21(27)16-19/h2-11,16,20,30H,12-15,17H2,1H3,(H,29,32). The van der Waals surface area contributed by atoms with Crippen molar-refractivity contribution in [3.63, 3.8) is 0 Å². The predicted molar refractivity (Wildman–Crippen MR) is 150 cm³/mol. The molecule has 2 N–H and O–H groups in total. The number of amides is 1. The summed E-state index contributed by atoms with van der Waals surface area (Å²) in [6, 6.07) is 17.5. The van der Waals surface area contributed by atoms with Crippen molar-refractivity contribution >= 4 is 60.5 Å². The molecule has 0 unspecified atom stereocenters. The molecule has 1 amide bonds. The highest BCUT2D eigenvalue weighted by Crippen LogP contribution is 2.27. The van der Waals surface area contributed by atoms with E-state index < -0.39 is 20.0 Å². The molecular weight excluding hydrogens is 569 g/mol. The molecule has 8 nitrogen and oxygen atoms in total. The largest absolute Gasteiger partial charge is 0.326 e. The second-order valence-electron chi connectivity index (χ2n) is 9.09. The van der Waals surface area contributed by atoms with Crippen LogP contribution in [0, 0.1) is 12.8 Å². The Bertz CT molecular complexity index is 1540. The predicted octanol–water partition coefficient (Wildman–Crippen LogP) is 5.28. The molecule has 4 rings (SSSR count). The van der Waals surface area contributed by atoms with Gasteiger partial charge in [0.1, 0.15) is 0 Å². The molecule has 202 valence electrons. The third-order valence-corrected chi connectivity index (χ3v) is 10.3. The van der Waals surface area contributed by atoms with E-state index in [0.29, 0.717) is 45.4 Å². The highest BCUT2D eigenvalue weighted by atomic mass is 35.5. The molecule has 1 aliphatic heterocycles. The van der Waals surface area contributed by atoms with Gasteiger partial charge in [-0.3, -0.25) is 9.52 Å². The number of hydrogen-bond donors (Lipinski definition) is 2. The Hall–Kier alpha value is -2.63. The number of piperidine rings is 1. The summed E-state index contributed by atoms with van der Waals surface area (Å²) in [6.45, 7) is 2.21. The van der Waals surface area contributed by atoms with Crippen LogP contribution in [0.4, 0.5) is 11.4 Å². The van der Waals surface area contributed by atoms with Crippen molar-refractivity contribution < 1.29 is 21.6 Å². The number of hydrogen-bond acceptors (Lipinski definition) is 5. The van der Waals surface area contributed by atoms with Crippen molar-refractivity contribution in [2.75, 3.05) is 23.1 Å². The molecule has 12 heteroatoms. The van der Waals surface area contributed by atoms with Crippen LogP contribution >= 0.6 is 23.2 Å². The van der Waals surface area contributed by atoms with E-state index in [1.54, 1.807) is 49.4 Å². The summed E-state index contributed by atoms with van der Waals surface area (Å²) in [7, 11) is -7.39. The molecule has 1 heterocycles. The van der Waals surface area contributed by atoms with Gasteiger partial charge in [-0.25, -0.2) is 21.1 Å². The van der Waals surface area contributed by atoms with Crippen LogP contribution in [-0.2, 0) is 30.6 Å². The first-order chi connectivity index (χ1) is 17.9. The third kappa shape index (κ3) is 6.86. The Labute approximate surface area is 233 Å². The second-order valence-corrected chi connectivity index (χ2v) is 13.6. The maximum atomic E-state index is 12.8. The van der Waals surface area contributed by atoms with Crippen LogP contribution in [0.15, 0.2) is 71.6 Å². The molecule has 1 saturated heterocycles. The number of sulfonamides is 2. The van der Waals surface area contributed by atoms with Crippen LogP contribution in [0.5, 0.6) is 0 Å². The van der Waals surface area contributed by atoms with E-state index in [1.165, 1.54) is 28.6 Å². The molecule has 0 radical (unpaired) electrons. The van der Waals surface area contributed by atoms with E-state index in [9.17, 15) is 21.6 Å². The Morgan fingerprint density at radius 1 is 0.947 bits per heavy atom. The molecule has 1 fully saturated rings. The number of rotatable bonds is 8. The van der Waals surface area contributed by atoms with Crippen molar-refractivity contribution in [3.8, 4) is 0 Å². The van der Waals surface area contributed by atoms with E-state index in [4.69, 9.17) is 23.2 Å². The maximum absolute atomic E-state index is 12.8. The topological polar surface area (TPSA) is 113 Å². The zero-order valence-electron chi connectivity index (χ0n) is 20.5. The van der Waals surface area contributed by atoms with E-state index in [0.717, 1.165) is 0 Å². The molecule has 3 aromatic carbocycles. The number of anilines is 2. The molecule has 0 atom stereocenters. The Kier molecular flexibility index (Phi) is 8.68. The molecular formula is C26H27Cl2N3O5S2. The monoisotopic (exact) mass is 595 g/mol. The fourth-order valence-electron chi connectivity index (χ4n) is 4.21. The lowest BCUT2D eigenvalue weighted by Gasteiger charge is -2.30. The summed E-state index contributed by atoms with van der Waals surface area (Å²) in [5.41, 5.74) is 2.06. The lowest BCUT2D eigenvalue weighted by atomic mass is 9.97. The summed E-state index contributed by atoms with van der Waals surface area (Å²) in [6.07, 6.45) is 0.770. The number of nitrogens with one attached hydrogen (secondary N) is 2. The summed E-state index contributed by atoms with van der Waals surface area (Å²) < 4.78 is 55.2. The number of carbonyl (C=O) groups excluding carboxylic acids is 1. The van der Waals surface area contributed by atoms with Crippen LogP contribution < -0.4 is 10.0 Å². The van der Waals surface area contributed by atoms with Gasteiger partial charge in [-0.05, 0) is 79.4 Å². The first kappa shape index (κ1) is 28.4. The van der Waals surface area contributed by atoms with Crippen LogP contribution in [0.2, 0.25) is 10.0 Å². The number of nitrogens with zero attached hydrogens (tertiary/aromatic N) is 1. The third-order valence-electron chi connectivity index (χ3n) is 6.40. The first-order valence-electron chi connectivity index (χ1n) is 11.9. The molecule has 0 bridgehead atoms. The Balaban J connectivity index is 1.33. The Morgan fingerprint density at radius 3 is 2.26 bits per heavy atom. The fraction of sp³-hybridized carbons (Fsp3) is 0.269. The van der Waals surface area contributed by atoms with Gasteiger partial charge in [0.2, 0.25) is 15.9 Å². The quantitative estimate of drug-likeness (QED) is 0.367.